The molecule has 1 aliphatic rings. The van der Waals surface area contributed by atoms with Crippen LogP contribution in [0.5, 0.6) is 0 Å². The lowest BCUT2D eigenvalue weighted by Crippen LogP contribution is -2.43. The van der Waals surface area contributed by atoms with E-state index in [1.165, 1.54) is 5.69 Å². The molecule has 0 radical (unpaired) electrons. The Morgan fingerprint density at radius 1 is 1.33 bits per heavy atom. The highest BCUT2D eigenvalue weighted by molar-refractivity contribution is 9.09. The molecule has 1 aromatic rings. The summed E-state index contributed by atoms with van der Waals surface area (Å²) in [6.45, 7) is 5.88. The topological polar surface area (TPSA) is 35.5 Å². The molecule has 0 aromatic heterocycles. The average Bonchev–Trinajstić information content (AvgIpc) is 2.40. The van der Waals surface area contributed by atoms with E-state index in [4.69, 9.17) is 11.6 Å². The van der Waals surface area contributed by atoms with Crippen LogP contribution in [0.3, 0.4) is 0 Å². The van der Waals surface area contributed by atoms with Gasteiger partial charge in [-0.25, -0.2) is 0 Å². The first kappa shape index (κ1) is 14.1. The maximum atomic E-state index is 10.2. The van der Waals surface area contributed by atoms with Gasteiger partial charge in [-0.05, 0) is 24.6 Å². The van der Waals surface area contributed by atoms with E-state index in [0.29, 0.717) is 5.56 Å². The van der Waals surface area contributed by atoms with Crippen LogP contribution in [0.15, 0.2) is 24.3 Å². The number of benzene rings is 1. The van der Waals surface area contributed by atoms with Gasteiger partial charge in [-0.3, -0.25) is 0 Å². The molecule has 2 N–H and O–H groups in total. The van der Waals surface area contributed by atoms with E-state index in [2.05, 4.69) is 26.1 Å². The summed E-state index contributed by atoms with van der Waals surface area (Å²) in [4.78, 5) is 2.11. The molecule has 0 amide bonds. The second-order valence-corrected chi connectivity index (χ2v) is 6.52. The number of halogens is 2. The molecule has 100 valence electrons. The zero-order chi connectivity index (χ0) is 13.2. The van der Waals surface area contributed by atoms with Crippen molar-refractivity contribution < 1.29 is 5.11 Å². The first-order valence-electron chi connectivity index (χ1n) is 6.13. The molecule has 1 heterocycles. The summed E-state index contributed by atoms with van der Waals surface area (Å²) in [6, 6.07) is 7.82. The minimum atomic E-state index is -1.36. The van der Waals surface area contributed by atoms with Gasteiger partial charge in [-0.15, -0.1) is 0 Å². The lowest BCUT2D eigenvalue weighted by Gasteiger charge is -2.30. The highest BCUT2D eigenvalue weighted by atomic mass is 79.9. The number of hydrogen-bond donors (Lipinski definition) is 2. The summed E-state index contributed by atoms with van der Waals surface area (Å²) in [6.07, 6.45) is 0. The van der Waals surface area contributed by atoms with Crippen molar-refractivity contribution in [2.24, 2.45) is 0 Å². The average molecular weight is 334 g/mol. The van der Waals surface area contributed by atoms with Crippen LogP contribution >= 0.6 is 27.5 Å². The Morgan fingerprint density at radius 3 is 2.39 bits per heavy atom. The number of piperazine rings is 1. The van der Waals surface area contributed by atoms with Crippen LogP contribution in [-0.4, -0.2) is 36.1 Å². The van der Waals surface area contributed by atoms with Crippen LogP contribution in [0.1, 0.15) is 12.5 Å². The summed E-state index contributed by atoms with van der Waals surface area (Å²) in [5.74, 6) is 0. The van der Waals surface area contributed by atoms with Crippen molar-refractivity contribution in [2.75, 3.05) is 31.1 Å². The largest absolute Gasteiger partial charge is 0.370 e. The van der Waals surface area contributed by atoms with E-state index in [1.54, 1.807) is 0 Å². The quantitative estimate of drug-likeness (QED) is 0.833. The molecule has 0 aliphatic carbocycles. The van der Waals surface area contributed by atoms with E-state index in [1.807, 2.05) is 31.2 Å². The summed E-state index contributed by atoms with van der Waals surface area (Å²) in [5, 5.41) is 12.1. The third-order valence-electron chi connectivity index (χ3n) is 3.28. The first-order chi connectivity index (χ1) is 8.51. The van der Waals surface area contributed by atoms with Gasteiger partial charge in [0.25, 0.3) is 0 Å². The molecule has 0 spiro atoms. The number of rotatable bonds is 3. The van der Waals surface area contributed by atoms with Crippen molar-refractivity contribution in [1.82, 2.24) is 5.32 Å². The number of hydrogen-bond acceptors (Lipinski definition) is 3. The number of alkyl halides is 2. The molecule has 2 unspecified atom stereocenters. The zero-order valence-corrected chi connectivity index (χ0v) is 12.7. The molecule has 1 aromatic carbocycles. The van der Waals surface area contributed by atoms with E-state index in [0.717, 1.165) is 26.2 Å². The zero-order valence-electron chi connectivity index (χ0n) is 10.4. The smallest absolute Gasteiger partial charge is 0.176 e. The minimum Gasteiger partial charge on any atom is -0.370 e. The number of anilines is 1. The van der Waals surface area contributed by atoms with Crippen LogP contribution in [0.4, 0.5) is 5.69 Å². The Morgan fingerprint density at radius 2 is 1.89 bits per heavy atom. The molecular weight excluding hydrogens is 316 g/mol. The van der Waals surface area contributed by atoms with E-state index < -0.39 is 5.06 Å². The second-order valence-electron chi connectivity index (χ2n) is 4.57. The molecule has 1 aliphatic heterocycles. The van der Waals surface area contributed by atoms with Gasteiger partial charge in [0.1, 0.15) is 0 Å². The lowest BCUT2D eigenvalue weighted by atomic mass is 10.1. The maximum absolute atomic E-state index is 10.2. The Balaban J connectivity index is 2.14. The SMILES string of the molecule is CC(Br)C(O)(Cl)c1ccc(N2CCNCC2)cc1. The minimum absolute atomic E-state index is 0.211. The van der Waals surface area contributed by atoms with Gasteiger partial charge in [0, 0.05) is 31.9 Å². The molecule has 0 bridgehead atoms. The van der Waals surface area contributed by atoms with Gasteiger partial charge in [0.15, 0.2) is 5.06 Å². The Kier molecular flexibility index (Phi) is 4.54. The molecule has 1 saturated heterocycles. The molecule has 3 nitrogen and oxygen atoms in total. The van der Waals surface area contributed by atoms with Crippen LogP contribution in [0.2, 0.25) is 0 Å². The van der Waals surface area contributed by atoms with Gasteiger partial charge in [-0.1, -0.05) is 39.7 Å². The lowest BCUT2D eigenvalue weighted by molar-refractivity contribution is 0.132. The predicted octanol–water partition coefficient (Wildman–Crippen LogP) is 2.26. The fourth-order valence-corrected chi connectivity index (χ4v) is 2.45. The van der Waals surface area contributed by atoms with Crippen LogP contribution in [0, 0.1) is 0 Å². The third-order valence-corrected chi connectivity index (χ3v) is 4.75. The summed E-state index contributed by atoms with van der Waals surface area (Å²) < 4.78 is 0. The first-order valence-corrected chi connectivity index (χ1v) is 7.43. The summed E-state index contributed by atoms with van der Waals surface area (Å²) in [5.41, 5.74) is 1.89. The van der Waals surface area contributed by atoms with Crippen molar-refractivity contribution in [1.29, 1.82) is 0 Å². The number of nitrogens with one attached hydrogen (secondary N) is 1. The van der Waals surface area contributed by atoms with Crippen LogP contribution in [0.25, 0.3) is 0 Å². The highest BCUT2D eigenvalue weighted by Crippen LogP contribution is 2.34. The van der Waals surface area contributed by atoms with Crippen molar-refractivity contribution in [3.05, 3.63) is 29.8 Å². The molecule has 2 atom stereocenters. The van der Waals surface area contributed by atoms with E-state index >= 15 is 0 Å². The fourth-order valence-electron chi connectivity index (χ4n) is 2.06. The van der Waals surface area contributed by atoms with Crippen LogP contribution in [-0.2, 0) is 5.06 Å². The fraction of sp³-hybridized carbons (Fsp3) is 0.538. The number of aliphatic hydroxyl groups is 1. The van der Waals surface area contributed by atoms with E-state index in [9.17, 15) is 5.11 Å². The van der Waals surface area contributed by atoms with Gasteiger partial charge < -0.3 is 15.3 Å². The Bertz CT molecular complexity index is 388. The molecule has 1 fully saturated rings. The van der Waals surface area contributed by atoms with Crippen LogP contribution < -0.4 is 10.2 Å². The van der Waals surface area contributed by atoms with Gasteiger partial charge in [0.05, 0.1) is 4.83 Å². The van der Waals surface area contributed by atoms with Gasteiger partial charge in [0.2, 0.25) is 0 Å². The molecular formula is C13H18BrClN2O. The van der Waals surface area contributed by atoms with Crippen molar-refractivity contribution in [3.63, 3.8) is 0 Å². The van der Waals surface area contributed by atoms with Gasteiger partial charge >= 0.3 is 0 Å². The second kappa shape index (κ2) is 5.78. The van der Waals surface area contributed by atoms with Gasteiger partial charge in [-0.2, -0.15) is 0 Å². The highest BCUT2D eigenvalue weighted by Gasteiger charge is 2.31. The third kappa shape index (κ3) is 2.99. The van der Waals surface area contributed by atoms with Crippen molar-refractivity contribution in [3.8, 4) is 0 Å². The monoisotopic (exact) mass is 332 g/mol. The van der Waals surface area contributed by atoms with Crippen molar-refractivity contribution in [2.45, 2.75) is 16.8 Å². The Hall–Kier alpha value is -0.290. The molecule has 0 saturated carbocycles. The van der Waals surface area contributed by atoms with Crippen molar-refractivity contribution >= 4 is 33.2 Å². The molecule has 2 rings (SSSR count). The normalized spacial score (nSPS) is 21.4. The maximum Gasteiger partial charge on any atom is 0.176 e. The van der Waals surface area contributed by atoms with E-state index in [-0.39, 0.29) is 4.83 Å². The summed E-state index contributed by atoms with van der Waals surface area (Å²) in [7, 11) is 0. The summed E-state index contributed by atoms with van der Waals surface area (Å²) >= 11 is 9.45. The number of nitrogens with zero attached hydrogens (tertiary/aromatic N) is 1. The standard InChI is InChI=1S/C13H18BrClN2O/c1-10(14)13(15,18)11-2-4-12(5-3-11)17-8-6-16-7-9-17/h2-5,10,16,18H,6-9H2,1H3. The molecule has 5 heteroatoms. The molecule has 18 heavy (non-hydrogen) atoms. The predicted molar refractivity (Wildman–Crippen MR) is 79.7 cm³/mol. The Labute approximate surface area is 121 Å².